The molecule has 0 radical (unpaired) electrons. The Morgan fingerprint density at radius 1 is 1.63 bits per heavy atom. The predicted molar refractivity (Wildman–Crippen MR) is 73.8 cm³/mol. The van der Waals surface area contributed by atoms with Crippen molar-refractivity contribution in [2.24, 2.45) is 12.8 Å². The molecular weight excluding hydrogens is 262 g/mol. The number of carbonyl (C=O) groups excluding carboxylic acids is 1. The molecule has 2 aromatic heterocycles. The van der Waals surface area contributed by atoms with Gasteiger partial charge in [-0.1, -0.05) is 0 Å². The lowest BCUT2D eigenvalue weighted by Gasteiger charge is -2.03. The van der Waals surface area contributed by atoms with E-state index in [9.17, 15) is 4.79 Å². The molecule has 102 valence electrons. The maximum absolute atomic E-state index is 11.9. The fourth-order valence-electron chi connectivity index (χ4n) is 1.58. The molecule has 1 atom stereocenters. The predicted octanol–water partition coefficient (Wildman–Crippen LogP) is 1.13. The topological polar surface area (TPSA) is 85.8 Å². The van der Waals surface area contributed by atoms with E-state index in [1.807, 2.05) is 20.9 Å². The van der Waals surface area contributed by atoms with Crippen LogP contribution in [0.2, 0.25) is 0 Å². The second-order valence-corrected chi connectivity index (χ2v) is 5.31. The third-order valence-corrected chi connectivity index (χ3v) is 3.97. The lowest BCUT2D eigenvalue weighted by atomic mass is 10.2. The zero-order valence-electron chi connectivity index (χ0n) is 11.2. The van der Waals surface area contributed by atoms with Gasteiger partial charge in [-0.25, -0.2) is 4.98 Å². The highest BCUT2D eigenvalue weighted by atomic mass is 32.1. The summed E-state index contributed by atoms with van der Waals surface area (Å²) in [5.41, 5.74) is 8.17. The van der Waals surface area contributed by atoms with Gasteiger partial charge in [-0.3, -0.25) is 9.48 Å². The number of aryl methyl sites for hydroxylation is 1. The fraction of sp³-hybridized carbons (Fsp3) is 0.417. The van der Waals surface area contributed by atoms with Crippen molar-refractivity contribution in [1.29, 1.82) is 0 Å². The van der Waals surface area contributed by atoms with Gasteiger partial charge < -0.3 is 11.1 Å². The first-order valence-electron chi connectivity index (χ1n) is 5.95. The van der Waals surface area contributed by atoms with Crippen molar-refractivity contribution in [2.45, 2.75) is 26.4 Å². The van der Waals surface area contributed by atoms with E-state index in [2.05, 4.69) is 15.4 Å². The first-order valence-corrected chi connectivity index (χ1v) is 6.83. The van der Waals surface area contributed by atoms with Crippen LogP contribution in [0.5, 0.6) is 0 Å². The summed E-state index contributed by atoms with van der Waals surface area (Å²) in [5, 5.41) is 9.45. The molecular formula is C12H17N5OS. The minimum atomic E-state index is -0.189. The van der Waals surface area contributed by atoms with Gasteiger partial charge in [0.2, 0.25) is 0 Å². The van der Waals surface area contributed by atoms with Crippen LogP contribution in [-0.4, -0.2) is 20.7 Å². The van der Waals surface area contributed by atoms with Crippen LogP contribution in [0.1, 0.15) is 39.7 Å². The highest BCUT2D eigenvalue weighted by Crippen LogP contribution is 2.15. The molecule has 0 saturated heterocycles. The molecule has 1 unspecified atom stereocenters. The van der Waals surface area contributed by atoms with Gasteiger partial charge in [-0.2, -0.15) is 5.10 Å². The normalized spacial score (nSPS) is 12.4. The smallest absolute Gasteiger partial charge is 0.271 e. The van der Waals surface area contributed by atoms with Crippen LogP contribution >= 0.6 is 11.3 Å². The number of rotatable bonds is 4. The van der Waals surface area contributed by atoms with E-state index in [0.29, 0.717) is 12.2 Å². The Balaban J connectivity index is 1.99. The number of aromatic nitrogens is 3. The van der Waals surface area contributed by atoms with Crippen molar-refractivity contribution in [3.8, 4) is 0 Å². The molecule has 0 aliphatic rings. The van der Waals surface area contributed by atoms with Crippen LogP contribution in [0.25, 0.3) is 0 Å². The van der Waals surface area contributed by atoms with Gasteiger partial charge in [0.1, 0.15) is 10.7 Å². The van der Waals surface area contributed by atoms with Crippen molar-refractivity contribution in [3.05, 3.63) is 33.5 Å². The van der Waals surface area contributed by atoms with E-state index in [1.165, 1.54) is 11.3 Å². The van der Waals surface area contributed by atoms with E-state index >= 15 is 0 Å². The molecule has 0 saturated carbocycles. The third kappa shape index (κ3) is 2.99. The lowest BCUT2D eigenvalue weighted by molar-refractivity contribution is 0.0946. The van der Waals surface area contributed by atoms with Crippen LogP contribution in [-0.2, 0) is 13.6 Å². The molecule has 0 aliphatic carbocycles. The van der Waals surface area contributed by atoms with Gasteiger partial charge in [-0.15, -0.1) is 11.3 Å². The van der Waals surface area contributed by atoms with Gasteiger partial charge in [-0.05, 0) is 13.8 Å². The number of nitrogens with one attached hydrogen (secondary N) is 1. The first-order chi connectivity index (χ1) is 8.99. The van der Waals surface area contributed by atoms with E-state index in [4.69, 9.17) is 5.73 Å². The standard InChI is InChI=1S/C12H17N5OS/c1-7(13)12-16-10(6-19-12)11(18)14-4-9-5-15-17(3)8(9)2/h5-7H,4,13H2,1-3H3,(H,14,18). The van der Waals surface area contributed by atoms with Crippen LogP contribution < -0.4 is 11.1 Å². The summed E-state index contributed by atoms with van der Waals surface area (Å²) in [4.78, 5) is 16.1. The molecule has 19 heavy (non-hydrogen) atoms. The molecule has 2 aromatic rings. The number of hydrogen-bond donors (Lipinski definition) is 2. The Kier molecular flexibility index (Phi) is 3.96. The molecule has 7 heteroatoms. The van der Waals surface area contributed by atoms with Crippen LogP contribution in [0.15, 0.2) is 11.6 Å². The maximum Gasteiger partial charge on any atom is 0.271 e. The average molecular weight is 279 g/mol. The number of nitrogens with two attached hydrogens (primary N) is 1. The van der Waals surface area contributed by atoms with Gasteiger partial charge in [0.15, 0.2) is 0 Å². The van der Waals surface area contributed by atoms with Crippen molar-refractivity contribution in [1.82, 2.24) is 20.1 Å². The number of carbonyl (C=O) groups is 1. The Labute approximate surface area is 115 Å². The van der Waals surface area contributed by atoms with E-state index in [-0.39, 0.29) is 11.9 Å². The van der Waals surface area contributed by atoms with Gasteiger partial charge >= 0.3 is 0 Å². The van der Waals surface area contributed by atoms with E-state index < -0.39 is 0 Å². The summed E-state index contributed by atoms with van der Waals surface area (Å²) < 4.78 is 1.78. The van der Waals surface area contributed by atoms with Gasteiger partial charge in [0, 0.05) is 30.2 Å². The van der Waals surface area contributed by atoms with E-state index in [0.717, 1.165) is 16.3 Å². The van der Waals surface area contributed by atoms with Crippen LogP contribution in [0.3, 0.4) is 0 Å². The molecule has 2 rings (SSSR count). The van der Waals surface area contributed by atoms with Crippen molar-refractivity contribution >= 4 is 17.2 Å². The molecule has 0 spiro atoms. The fourth-order valence-corrected chi connectivity index (χ4v) is 2.34. The second-order valence-electron chi connectivity index (χ2n) is 4.42. The second kappa shape index (κ2) is 5.50. The minimum Gasteiger partial charge on any atom is -0.346 e. The molecule has 0 aliphatic heterocycles. The summed E-state index contributed by atoms with van der Waals surface area (Å²) in [7, 11) is 1.87. The zero-order chi connectivity index (χ0) is 14.0. The van der Waals surface area contributed by atoms with Crippen LogP contribution in [0, 0.1) is 6.92 Å². The largest absolute Gasteiger partial charge is 0.346 e. The highest BCUT2D eigenvalue weighted by molar-refractivity contribution is 7.09. The summed E-state index contributed by atoms with van der Waals surface area (Å²) in [6, 6.07) is -0.146. The molecule has 2 heterocycles. The SMILES string of the molecule is Cc1c(CNC(=O)c2csc(C(C)N)n2)cnn1C. The Morgan fingerprint density at radius 2 is 2.37 bits per heavy atom. The first kappa shape index (κ1) is 13.7. The quantitative estimate of drug-likeness (QED) is 0.878. The monoisotopic (exact) mass is 279 g/mol. The summed E-state index contributed by atoms with van der Waals surface area (Å²) >= 11 is 1.40. The number of thiazole rings is 1. The molecule has 0 fully saturated rings. The molecule has 0 bridgehead atoms. The molecule has 3 N–H and O–H groups in total. The van der Waals surface area contributed by atoms with Crippen molar-refractivity contribution in [3.63, 3.8) is 0 Å². The molecule has 6 nitrogen and oxygen atoms in total. The van der Waals surface area contributed by atoms with Crippen LogP contribution in [0.4, 0.5) is 0 Å². The Morgan fingerprint density at radius 3 is 2.89 bits per heavy atom. The average Bonchev–Trinajstić information content (AvgIpc) is 2.97. The number of hydrogen-bond acceptors (Lipinski definition) is 5. The molecule has 1 amide bonds. The highest BCUT2D eigenvalue weighted by Gasteiger charge is 2.13. The maximum atomic E-state index is 11.9. The van der Waals surface area contributed by atoms with Gasteiger partial charge in [0.25, 0.3) is 5.91 Å². The summed E-state index contributed by atoms with van der Waals surface area (Å²) in [6.07, 6.45) is 1.75. The van der Waals surface area contributed by atoms with Gasteiger partial charge in [0.05, 0.1) is 12.2 Å². The van der Waals surface area contributed by atoms with E-state index in [1.54, 1.807) is 16.3 Å². The van der Waals surface area contributed by atoms with Crippen molar-refractivity contribution in [2.75, 3.05) is 0 Å². The Bertz CT molecular complexity index is 587. The number of nitrogens with zero attached hydrogens (tertiary/aromatic N) is 3. The minimum absolute atomic E-state index is 0.146. The summed E-state index contributed by atoms with van der Waals surface area (Å²) in [5.74, 6) is -0.189. The molecule has 0 aromatic carbocycles. The third-order valence-electron chi connectivity index (χ3n) is 2.92. The summed E-state index contributed by atoms with van der Waals surface area (Å²) in [6.45, 7) is 4.26. The number of amides is 1. The lowest BCUT2D eigenvalue weighted by Crippen LogP contribution is -2.23. The van der Waals surface area contributed by atoms with Crippen molar-refractivity contribution < 1.29 is 4.79 Å². The zero-order valence-corrected chi connectivity index (χ0v) is 12.0. The Hall–Kier alpha value is -1.73.